The quantitative estimate of drug-likeness (QED) is 0.598. The van der Waals surface area contributed by atoms with E-state index in [1.54, 1.807) is 13.1 Å². The molecule has 0 saturated carbocycles. The van der Waals surface area contributed by atoms with Crippen molar-refractivity contribution < 1.29 is 13.6 Å². The maximum absolute atomic E-state index is 13.8. The van der Waals surface area contributed by atoms with Crippen molar-refractivity contribution in [2.45, 2.75) is 25.8 Å². The molecule has 3 aromatic rings. The highest BCUT2D eigenvalue weighted by molar-refractivity contribution is 6.31. The highest BCUT2D eigenvalue weighted by Gasteiger charge is 2.15. The van der Waals surface area contributed by atoms with E-state index in [-0.39, 0.29) is 12.5 Å². The average molecular weight is 388 g/mol. The Morgan fingerprint density at radius 3 is 2.67 bits per heavy atom. The Bertz CT molecular complexity index is 894. The van der Waals surface area contributed by atoms with Gasteiger partial charge in [0, 0.05) is 42.6 Å². The van der Waals surface area contributed by atoms with Crippen LogP contribution in [0.1, 0.15) is 24.3 Å². The van der Waals surface area contributed by atoms with Gasteiger partial charge in [-0.05, 0) is 30.7 Å². The number of nitrogens with zero attached hydrogens (tertiary/aromatic N) is 3. The maximum atomic E-state index is 13.8. The number of aryl methyl sites for hydroxylation is 1. The predicted octanol–water partition coefficient (Wildman–Crippen LogP) is 4.51. The Morgan fingerprint density at radius 2 is 1.93 bits per heavy atom. The Balaban J connectivity index is 1.50. The Labute approximate surface area is 161 Å². The Morgan fingerprint density at radius 1 is 1.15 bits per heavy atom. The molecule has 2 aromatic carbocycles. The SMILES string of the molecule is CN(Cc1c(F)cccc1Cl)C(=O)CCCc1nnc(-c2ccccc2)o1. The van der Waals surface area contributed by atoms with Crippen LogP contribution in [-0.2, 0) is 17.8 Å². The van der Waals surface area contributed by atoms with E-state index in [4.69, 9.17) is 16.0 Å². The van der Waals surface area contributed by atoms with Gasteiger partial charge in [0.2, 0.25) is 17.7 Å². The number of benzene rings is 2. The molecule has 5 nitrogen and oxygen atoms in total. The number of hydrogen-bond donors (Lipinski definition) is 0. The lowest BCUT2D eigenvalue weighted by atomic mass is 10.1. The summed E-state index contributed by atoms with van der Waals surface area (Å²) in [5.74, 6) is 0.434. The zero-order chi connectivity index (χ0) is 19.2. The zero-order valence-corrected chi connectivity index (χ0v) is 15.6. The first-order valence-corrected chi connectivity index (χ1v) is 8.97. The minimum absolute atomic E-state index is 0.0999. The summed E-state index contributed by atoms with van der Waals surface area (Å²) in [5.41, 5.74) is 1.17. The van der Waals surface area contributed by atoms with E-state index in [0.717, 1.165) is 5.56 Å². The predicted molar refractivity (Wildman–Crippen MR) is 101 cm³/mol. The van der Waals surface area contributed by atoms with Crippen molar-refractivity contribution in [3.63, 3.8) is 0 Å². The van der Waals surface area contributed by atoms with Gasteiger partial charge in [-0.1, -0.05) is 35.9 Å². The third kappa shape index (κ3) is 4.92. The zero-order valence-electron chi connectivity index (χ0n) is 14.9. The van der Waals surface area contributed by atoms with Crippen molar-refractivity contribution in [2.24, 2.45) is 0 Å². The van der Waals surface area contributed by atoms with Crippen LogP contribution in [0, 0.1) is 5.82 Å². The molecule has 7 heteroatoms. The molecule has 0 fully saturated rings. The number of carbonyl (C=O) groups is 1. The van der Waals surface area contributed by atoms with Crippen molar-refractivity contribution in [3.8, 4) is 11.5 Å². The fourth-order valence-electron chi connectivity index (χ4n) is 2.64. The van der Waals surface area contributed by atoms with Crippen LogP contribution >= 0.6 is 11.6 Å². The smallest absolute Gasteiger partial charge is 0.247 e. The van der Waals surface area contributed by atoms with Crippen LogP contribution in [0.15, 0.2) is 52.9 Å². The summed E-state index contributed by atoms with van der Waals surface area (Å²) in [6, 6.07) is 14.0. The van der Waals surface area contributed by atoms with Crippen LogP contribution in [0.2, 0.25) is 5.02 Å². The van der Waals surface area contributed by atoms with E-state index < -0.39 is 5.82 Å². The molecule has 0 aliphatic rings. The summed E-state index contributed by atoms with van der Waals surface area (Å²) in [6.45, 7) is 0.128. The highest BCUT2D eigenvalue weighted by atomic mass is 35.5. The number of carbonyl (C=O) groups excluding carboxylic acids is 1. The second kappa shape index (κ2) is 8.77. The first kappa shape index (κ1) is 19.0. The molecule has 1 amide bonds. The van der Waals surface area contributed by atoms with Gasteiger partial charge in [0.1, 0.15) is 5.82 Å². The van der Waals surface area contributed by atoms with Gasteiger partial charge in [-0.25, -0.2) is 4.39 Å². The van der Waals surface area contributed by atoms with Gasteiger partial charge in [0.15, 0.2) is 0 Å². The molecule has 0 aliphatic heterocycles. The van der Waals surface area contributed by atoms with Gasteiger partial charge >= 0.3 is 0 Å². The molecule has 3 rings (SSSR count). The van der Waals surface area contributed by atoms with E-state index in [9.17, 15) is 9.18 Å². The topological polar surface area (TPSA) is 59.2 Å². The first-order chi connectivity index (χ1) is 13.0. The third-order valence-corrected chi connectivity index (χ3v) is 4.51. The van der Waals surface area contributed by atoms with Gasteiger partial charge in [-0.15, -0.1) is 10.2 Å². The largest absolute Gasteiger partial charge is 0.421 e. The summed E-state index contributed by atoms with van der Waals surface area (Å²) < 4.78 is 19.5. The fraction of sp³-hybridized carbons (Fsp3) is 0.250. The van der Waals surface area contributed by atoms with Crippen molar-refractivity contribution in [2.75, 3.05) is 7.05 Å². The lowest BCUT2D eigenvalue weighted by Crippen LogP contribution is -2.26. The summed E-state index contributed by atoms with van der Waals surface area (Å²) >= 11 is 6.01. The monoisotopic (exact) mass is 387 g/mol. The highest BCUT2D eigenvalue weighted by Crippen LogP contribution is 2.21. The van der Waals surface area contributed by atoms with E-state index >= 15 is 0 Å². The van der Waals surface area contributed by atoms with Gasteiger partial charge in [0.05, 0.1) is 0 Å². The molecule has 0 bridgehead atoms. The van der Waals surface area contributed by atoms with Gasteiger partial charge in [-0.2, -0.15) is 0 Å². The number of halogens is 2. The van der Waals surface area contributed by atoms with Gasteiger partial charge in [-0.3, -0.25) is 4.79 Å². The van der Waals surface area contributed by atoms with Gasteiger partial charge in [0.25, 0.3) is 0 Å². The standard InChI is InChI=1S/C20H19ClFN3O2/c1-25(13-15-16(21)9-5-10-17(15)22)19(26)12-6-11-18-23-24-20(27-18)14-7-3-2-4-8-14/h2-5,7-10H,6,11-13H2,1H3. The van der Waals surface area contributed by atoms with Crippen LogP contribution in [0.3, 0.4) is 0 Å². The molecule has 1 heterocycles. The summed E-state index contributed by atoms with van der Waals surface area (Å²) in [7, 11) is 1.63. The summed E-state index contributed by atoms with van der Waals surface area (Å²) in [6.07, 6.45) is 1.36. The van der Waals surface area contributed by atoms with E-state index in [1.165, 1.54) is 17.0 Å². The second-order valence-electron chi connectivity index (χ2n) is 6.17. The first-order valence-electron chi connectivity index (χ1n) is 8.59. The number of hydrogen-bond acceptors (Lipinski definition) is 4. The van der Waals surface area contributed by atoms with E-state index in [0.29, 0.717) is 41.6 Å². The summed E-state index contributed by atoms with van der Waals surface area (Å²) in [4.78, 5) is 13.7. The second-order valence-corrected chi connectivity index (χ2v) is 6.58. The molecule has 0 unspecified atom stereocenters. The normalized spacial score (nSPS) is 10.8. The molecular formula is C20H19ClFN3O2. The molecule has 1 aromatic heterocycles. The number of amides is 1. The van der Waals surface area contributed by atoms with Crippen LogP contribution in [0.4, 0.5) is 4.39 Å². The van der Waals surface area contributed by atoms with E-state index in [1.807, 2.05) is 30.3 Å². The molecular weight excluding hydrogens is 369 g/mol. The summed E-state index contributed by atoms with van der Waals surface area (Å²) in [5, 5.41) is 8.36. The molecule has 0 aliphatic carbocycles. The van der Waals surface area contributed by atoms with Crippen molar-refractivity contribution in [1.82, 2.24) is 15.1 Å². The van der Waals surface area contributed by atoms with Crippen LogP contribution in [0.5, 0.6) is 0 Å². The van der Waals surface area contributed by atoms with Crippen molar-refractivity contribution in [1.29, 1.82) is 0 Å². The fourth-order valence-corrected chi connectivity index (χ4v) is 2.87. The Kier molecular flexibility index (Phi) is 6.19. The molecule has 0 radical (unpaired) electrons. The van der Waals surface area contributed by atoms with Crippen LogP contribution < -0.4 is 0 Å². The third-order valence-electron chi connectivity index (χ3n) is 4.15. The molecule has 140 valence electrons. The van der Waals surface area contributed by atoms with Gasteiger partial charge < -0.3 is 9.32 Å². The molecule has 0 spiro atoms. The minimum Gasteiger partial charge on any atom is -0.421 e. The average Bonchev–Trinajstić information content (AvgIpc) is 3.14. The lowest BCUT2D eigenvalue weighted by Gasteiger charge is -2.18. The maximum Gasteiger partial charge on any atom is 0.247 e. The van der Waals surface area contributed by atoms with Crippen LogP contribution in [-0.4, -0.2) is 28.1 Å². The Hall–Kier alpha value is -2.73. The van der Waals surface area contributed by atoms with Crippen molar-refractivity contribution >= 4 is 17.5 Å². The molecule has 0 atom stereocenters. The number of rotatable bonds is 7. The molecule has 27 heavy (non-hydrogen) atoms. The molecule has 0 saturated heterocycles. The molecule has 0 N–H and O–H groups in total. The minimum atomic E-state index is -0.415. The van der Waals surface area contributed by atoms with Crippen molar-refractivity contribution in [3.05, 3.63) is 70.8 Å². The van der Waals surface area contributed by atoms with Crippen LogP contribution in [0.25, 0.3) is 11.5 Å². The number of aromatic nitrogens is 2. The lowest BCUT2D eigenvalue weighted by molar-refractivity contribution is -0.130. The van der Waals surface area contributed by atoms with E-state index in [2.05, 4.69) is 10.2 Å².